The van der Waals surface area contributed by atoms with Gasteiger partial charge in [-0.25, -0.2) is 4.79 Å². The SMILES string of the molecule is CCOC(=O)CCNC(=O)Nc1cccc(O)c1. The minimum absolute atomic E-state index is 0.0688. The van der Waals surface area contributed by atoms with E-state index in [-0.39, 0.29) is 24.7 Å². The van der Waals surface area contributed by atoms with E-state index in [0.29, 0.717) is 12.3 Å². The second-order valence-electron chi connectivity index (χ2n) is 3.49. The van der Waals surface area contributed by atoms with Gasteiger partial charge < -0.3 is 20.5 Å². The number of hydrogen-bond acceptors (Lipinski definition) is 4. The van der Waals surface area contributed by atoms with Crippen LogP contribution in [0.1, 0.15) is 13.3 Å². The molecule has 0 saturated heterocycles. The number of hydrogen-bond donors (Lipinski definition) is 3. The summed E-state index contributed by atoms with van der Waals surface area (Å²) in [5.41, 5.74) is 0.476. The van der Waals surface area contributed by atoms with Crippen LogP contribution in [0.5, 0.6) is 5.75 Å². The summed E-state index contributed by atoms with van der Waals surface area (Å²) in [7, 11) is 0. The molecule has 1 rings (SSSR count). The van der Waals surface area contributed by atoms with E-state index in [2.05, 4.69) is 10.6 Å². The number of benzene rings is 1. The molecule has 0 saturated carbocycles. The van der Waals surface area contributed by atoms with Crippen molar-refractivity contribution in [2.24, 2.45) is 0 Å². The van der Waals surface area contributed by atoms with Crippen LogP contribution in [-0.4, -0.2) is 30.3 Å². The Bertz CT molecular complexity index is 420. The van der Waals surface area contributed by atoms with Gasteiger partial charge in [0.1, 0.15) is 5.75 Å². The Hall–Kier alpha value is -2.24. The van der Waals surface area contributed by atoms with Crippen molar-refractivity contribution in [2.75, 3.05) is 18.5 Å². The van der Waals surface area contributed by atoms with Crippen molar-refractivity contribution in [3.63, 3.8) is 0 Å². The van der Waals surface area contributed by atoms with Gasteiger partial charge in [-0.2, -0.15) is 0 Å². The second-order valence-corrected chi connectivity index (χ2v) is 3.49. The highest BCUT2D eigenvalue weighted by Gasteiger charge is 2.04. The van der Waals surface area contributed by atoms with Crippen molar-refractivity contribution in [1.82, 2.24) is 5.32 Å². The number of anilines is 1. The molecule has 18 heavy (non-hydrogen) atoms. The topological polar surface area (TPSA) is 87.7 Å². The van der Waals surface area contributed by atoms with Crippen LogP contribution in [0.25, 0.3) is 0 Å². The summed E-state index contributed by atoms with van der Waals surface area (Å²) in [4.78, 5) is 22.4. The highest BCUT2D eigenvalue weighted by molar-refractivity contribution is 5.89. The summed E-state index contributed by atoms with van der Waals surface area (Å²) >= 11 is 0. The summed E-state index contributed by atoms with van der Waals surface area (Å²) in [6, 6.07) is 5.74. The van der Waals surface area contributed by atoms with Crippen molar-refractivity contribution in [3.8, 4) is 5.75 Å². The molecule has 0 unspecified atom stereocenters. The molecular formula is C12H16N2O4. The van der Waals surface area contributed by atoms with Gasteiger partial charge in [-0.15, -0.1) is 0 Å². The Labute approximate surface area is 105 Å². The Morgan fingerprint density at radius 1 is 1.39 bits per heavy atom. The van der Waals surface area contributed by atoms with Gasteiger partial charge >= 0.3 is 12.0 Å². The number of aromatic hydroxyl groups is 1. The fourth-order valence-electron chi connectivity index (χ4n) is 1.27. The van der Waals surface area contributed by atoms with Crippen molar-refractivity contribution < 1.29 is 19.4 Å². The molecule has 0 radical (unpaired) electrons. The lowest BCUT2D eigenvalue weighted by atomic mass is 10.3. The molecule has 0 atom stereocenters. The fraction of sp³-hybridized carbons (Fsp3) is 0.333. The molecule has 0 aliphatic carbocycles. The van der Waals surface area contributed by atoms with E-state index >= 15 is 0 Å². The average molecular weight is 252 g/mol. The highest BCUT2D eigenvalue weighted by atomic mass is 16.5. The molecular weight excluding hydrogens is 236 g/mol. The third kappa shape index (κ3) is 5.20. The van der Waals surface area contributed by atoms with Gasteiger partial charge in [0.25, 0.3) is 0 Å². The van der Waals surface area contributed by atoms with E-state index in [9.17, 15) is 14.7 Å². The quantitative estimate of drug-likeness (QED) is 0.692. The van der Waals surface area contributed by atoms with Crippen molar-refractivity contribution in [3.05, 3.63) is 24.3 Å². The number of nitrogens with one attached hydrogen (secondary N) is 2. The molecule has 1 aromatic carbocycles. The molecule has 98 valence electrons. The van der Waals surface area contributed by atoms with Crippen molar-refractivity contribution >= 4 is 17.7 Å². The van der Waals surface area contributed by atoms with Gasteiger partial charge in [-0.3, -0.25) is 4.79 Å². The van der Waals surface area contributed by atoms with Gasteiger partial charge in [0.2, 0.25) is 0 Å². The first-order chi connectivity index (χ1) is 8.61. The van der Waals surface area contributed by atoms with Gasteiger partial charge in [-0.05, 0) is 19.1 Å². The summed E-state index contributed by atoms with van der Waals surface area (Å²) < 4.78 is 4.71. The normalized spacial score (nSPS) is 9.61. The average Bonchev–Trinajstić information content (AvgIpc) is 2.29. The minimum atomic E-state index is -0.440. The molecule has 0 aliphatic rings. The Kier molecular flexibility index (Phi) is 5.50. The molecule has 0 aliphatic heterocycles. The summed E-state index contributed by atoms with van der Waals surface area (Å²) in [5.74, 6) is -0.283. The number of urea groups is 1. The number of rotatable bonds is 5. The lowest BCUT2D eigenvalue weighted by molar-refractivity contribution is -0.142. The molecule has 0 aromatic heterocycles. The van der Waals surface area contributed by atoms with Crippen molar-refractivity contribution in [2.45, 2.75) is 13.3 Å². The van der Waals surface area contributed by atoms with Gasteiger partial charge in [0.15, 0.2) is 0 Å². The number of carbonyl (C=O) groups is 2. The number of phenols is 1. The van der Waals surface area contributed by atoms with E-state index in [1.807, 2.05) is 0 Å². The zero-order chi connectivity index (χ0) is 13.4. The zero-order valence-corrected chi connectivity index (χ0v) is 10.1. The molecule has 0 fully saturated rings. The van der Waals surface area contributed by atoms with E-state index in [4.69, 9.17) is 4.74 Å². The van der Waals surface area contributed by atoms with Crippen LogP contribution < -0.4 is 10.6 Å². The number of esters is 1. The summed E-state index contributed by atoms with van der Waals surface area (Å²) in [6.07, 6.45) is 0.126. The standard InChI is InChI=1S/C12H16N2O4/c1-2-18-11(16)6-7-13-12(17)14-9-4-3-5-10(15)8-9/h3-5,8,15H,2,6-7H2,1H3,(H2,13,14,17). The van der Waals surface area contributed by atoms with Gasteiger partial charge in [0, 0.05) is 18.3 Å². The third-order valence-electron chi connectivity index (χ3n) is 2.02. The number of amides is 2. The van der Waals surface area contributed by atoms with Crippen LogP contribution in [0, 0.1) is 0 Å². The molecule has 6 nitrogen and oxygen atoms in total. The molecule has 3 N–H and O–H groups in total. The van der Waals surface area contributed by atoms with E-state index in [0.717, 1.165) is 0 Å². The largest absolute Gasteiger partial charge is 0.508 e. The smallest absolute Gasteiger partial charge is 0.319 e. The second kappa shape index (κ2) is 7.16. The third-order valence-corrected chi connectivity index (χ3v) is 2.02. The molecule has 0 bridgehead atoms. The fourth-order valence-corrected chi connectivity index (χ4v) is 1.27. The van der Waals surface area contributed by atoms with E-state index in [1.54, 1.807) is 19.1 Å². The predicted octanol–water partition coefficient (Wildman–Crippen LogP) is 1.47. The van der Waals surface area contributed by atoms with E-state index in [1.165, 1.54) is 12.1 Å². The van der Waals surface area contributed by atoms with Crippen LogP contribution in [0.2, 0.25) is 0 Å². The molecule has 1 aromatic rings. The zero-order valence-electron chi connectivity index (χ0n) is 10.1. The molecule has 6 heteroatoms. The van der Waals surface area contributed by atoms with Gasteiger partial charge in [-0.1, -0.05) is 6.07 Å². The Morgan fingerprint density at radius 3 is 2.83 bits per heavy atom. The lowest BCUT2D eigenvalue weighted by Gasteiger charge is -2.07. The first-order valence-electron chi connectivity index (χ1n) is 5.61. The number of carbonyl (C=O) groups excluding carboxylic acids is 2. The van der Waals surface area contributed by atoms with Crippen LogP contribution >= 0.6 is 0 Å². The Morgan fingerprint density at radius 2 is 2.17 bits per heavy atom. The number of ether oxygens (including phenoxy) is 1. The summed E-state index contributed by atoms with van der Waals surface area (Å²) in [5, 5.41) is 14.2. The molecule has 0 spiro atoms. The highest BCUT2D eigenvalue weighted by Crippen LogP contribution is 2.14. The first kappa shape index (κ1) is 13.8. The Balaban J connectivity index is 2.28. The maximum atomic E-state index is 11.4. The maximum absolute atomic E-state index is 11.4. The van der Waals surface area contributed by atoms with Crippen LogP contribution in [0.15, 0.2) is 24.3 Å². The van der Waals surface area contributed by atoms with Crippen LogP contribution in [-0.2, 0) is 9.53 Å². The summed E-state index contributed by atoms with van der Waals surface area (Å²) in [6.45, 7) is 2.25. The maximum Gasteiger partial charge on any atom is 0.319 e. The van der Waals surface area contributed by atoms with Crippen LogP contribution in [0.3, 0.4) is 0 Å². The molecule has 0 heterocycles. The monoisotopic (exact) mass is 252 g/mol. The predicted molar refractivity (Wildman–Crippen MR) is 66.4 cm³/mol. The minimum Gasteiger partial charge on any atom is -0.508 e. The molecule has 2 amide bonds. The lowest BCUT2D eigenvalue weighted by Crippen LogP contribution is -2.30. The van der Waals surface area contributed by atoms with Crippen molar-refractivity contribution in [1.29, 1.82) is 0 Å². The first-order valence-corrected chi connectivity index (χ1v) is 5.61. The van der Waals surface area contributed by atoms with Gasteiger partial charge in [0.05, 0.1) is 13.0 Å². The number of phenolic OH excluding ortho intramolecular Hbond substituents is 1. The van der Waals surface area contributed by atoms with Crippen LogP contribution in [0.4, 0.5) is 10.5 Å². The van der Waals surface area contributed by atoms with E-state index < -0.39 is 6.03 Å².